The van der Waals surface area contributed by atoms with Gasteiger partial charge in [-0.3, -0.25) is 0 Å². The van der Waals surface area contributed by atoms with Gasteiger partial charge in [-0.25, -0.2) is 4.98 Å². The molecule has 1 aliphatic rings. The van der Waals surface area contributed by atoms with E-state index in [0.29, 0.717) is 6.61 Å². The van der Waals surface area contributed by atoms with Gasteiger partial charge in [-0.2, -0.15) is 0 Å². The zero-order chi connectivity index (χ0) is 19.3. The van der Waals surface area contributed by atoms with E-state index in [2.05, 4.69) is 47.3 Å². The number of aromatic nitrogens is 2. The highest BCUT2D eigenvalue weighted by molar-refractivity contribution is 5.80. The number of fused-ring (bicyclic) bond motifs is 1. The lowest BCUT2D eigenvalue weighted by Crippen LogP contribution is -3.11. The molecular formula is C23H31N4O+. The molecule has 5 heteroatoms. The van der Waals surface area contributed by atoms with E-state index in [1.54, 1.807) is 4.90 Å². The maximum absolute atomic E-state index is 5.51. The van der Waals surface area contributed by atoms with Crippen molar-refractivity contribution in [2.75, 3.05) is 25.0 Å². The fourth-order valence-corrected chi connectivity index (χ4v) is 4.04. The minimum atomic E-state index is 0.697. The summed E-state index contributed by atoms with van der Waals surface area (Å²) in [4.78, 5) is 6.60. The maximum Gasteiger partial charge on any atom is 0.165 e. The quantitative estimate of drug-likeness (QED) is 0.663. The molecular weight excluding hydrogens is 348 g/mol. The zero-order valence-electron chi connectivity index (χ0n) is 17.0. The first-order valence-corrected chi connectivity index (χ1v) is 10.5. The van der Waals surface area contributed by atoms with Gasteiger partial charge in [0.2, 0.25) is 0 Å². The lowest BCUT2D eigenvalue weighted by molar-refractivity contribution is -0.919. The summed E-state index contributed by atoms with van der Waals surface area (Å²) in [6, 6.07) is 14.8. The first-order chi connectivity index (χ1) is 13.7. The number of hydrogen-bond donors (Lipinski definition) is 2. The first kappa shape index (κ1) is 18.8. The van der Waals surface area contributed by atoms with Crippen LogP contribution in [0.3, 0.4) is 0 Å². The van der Waals surface area contributed by atoms with Gasteiger partial charge in [-0.05, 0) is 62.1 Å². The Bertz CT molecular complexity index is 910. The van der Waals surface area contributed by atoms with Crippen LogP contribution in [-0.2, 0) is 20.1 Å². The summed E-state index contributed by atoms with van der Waals surface area (Å²) in [7, 11) is 2.14. The molecule has 3 aromatic rings. The Hall–Kier alpha value is -2.53. The van der Waals surface area contributed by atoms with Gasteiger partial charge in [0, 0.05) is 19.3 Å². The number of nitrogens with one attached hydrogen (secondary N) is 2. The molecule has 0 radical (unpaired) electrons. The van der Waals surface area contributed by atoms with Crippen LogP contribution in [0.5, 0.6) is 5.75 Å². The number of piperidine rings is 1. The number of imidazole rings is 1. The molecule has 148 valence electrons. The van der Waals surface area contributed by atoms with Gasteiger partial charge < -0.3 is 19.5 Å². The van der Waals surface area contributed by atoms with Crippen LogP contribution < -0.4 is 15.0 Å². The predicted molar refractivity (Wildman–Crippen MR) is 114 cm³/mol. The Labute approximate surface area is 167 Å². The second kappa shape index (κ2) is 8.65. The minimum absolute atomic E-state index is 0.697. The van der Waals surface area contributed by atoms with Crippen LogP contribution in [0.4, 0.5) is 5.69 Å². The third-order valence-electron chi connectivity index (χ3n) is 5.67. The van der Waals surface area contributed by atoms with Crippen LogP contribution in [0.2, 0.25) is 0 Å². The molecule has 1 fully saturated rings. The molecule has 4 rings (SSSR count). The molecule has 1 aromatic heterocycles. The van der Waals surface area contributed by atoms with Crippen molar-refractivity contribution < 1.29 is 9.64 Å². The Morgan fingerprint density at radius 1 is 1.07 bits per heavy atom. The molecule has 0 saturated carbocycles. The standard InChI is InChI=1S/C23H30N4O/c1-3-28-20-10-7-18(8-11-20)16-24-19-9-12-22-21(15-19)25-23(26(22)2)17-27-13-5-4-6-14-27/h7-12,15,24H,3-6,13-14,16-17H2,1-2H3/p+1. The highest BCUT2D eigenvalue weighted by Crippen LogP contribution is 2.20. The molecule has 2 aromatic carbocycles. The van der Waals surface area contributed by atoms with Gasteiger partial charge in [-0.15, -0.1) is 0 Å². The van der Waals surface area contributed by atoms with Gasteiger partial charge in [0.05, 0.1) is 30.7 Å². The molecule has 0 aliphatic carbocycles. The minimum Gasteiger partial charge on any atom is -0.494 e. The number of rotatable bonds is 7. The van der Waals surface area contributed by atoms with Crippen molar-refractivity contribution in [1.29, 1.82) is 0 Å². The number of nitrogens with zero attached hydrogens (tertiary/aromatic N) is 2. The van der Waals surface area contributed by atoms with Crippen molar-refractivity contribution in [2.24, 2.45) is 7.05 Å². The largest absolute Gasteiger partial charge is 0.494 e. The molecule has 1 aliphatic heterocycles. The summed E-state index contributed by atoms with van der Waals surface area (Å²) in [6.07, 6.45) is 4.08. The Morgan fingerprint density at radius 3 is 2.61 bits per heavy atom. The molecule has 28 heavy (non-hydrogen) atoms. The predicted octanol–water partition coefficient (Wildman–Crippen LogP) is 3.15. The van der Waals surface area contributed by atoms with E-state index < -0.39 is 0 Å². The highest BCUT2D eigenvalue weighted by Gasteiger charge is 2.18. The van der Waals surface area contributed by atoms with Crippen LogP contribution in [0.15, 0.2) is 42.5 Å². The monoisotopic (exact) mass is 379 g/mol. The smallest absolute Gasteiger partial charge is 0.165 e. The van der Waals surface area contributed by atoms with Gasteiger partial charge in [0.25, 0.3) is 0 Å². The third-order valence-corrected chi connectivity index (χ3v) is 5.67. The van der Waals surface area contributed by atoms with E-state index >= 15 is 0 Å². The second-order valence-corrected chi connectivity index (χ2v) is 7.71. The Kier molecular flexibility index (Phi) is 5.81. The lowest BCUT2D eigenvalue weighted by atomic mass is 10.1. The number of anilines is 1. The summed E-state index contributed by atoms with van der Waals surface area (Å²) in [6.45, 7) is 7.07. The number of ether oxygens (including phenoxy) is 1. The van der Waals surface area contributed by atoms with E-state index in [9.17, 15) is 0 Å². The van der Waals surface area contributed by atoms with E-state index in [1.165, 1.54) is 49.3 Å². The molecule has 5 nitrogen and oxygen atoms in total. The fourth-order valence-electron chi connectivity index (χ4n) is 4.04. The lowest BCUT2D eigenvalue weighted by Gasteiger charge is -2.23. The van der Waals surface area contributed by atoms with Crippen molar-refractivity contribution in [1.82, 2.24) is 9.55 Å². The second-order valence-electron chi connectivity index (χ2n) is 7.71. The summed E-state index contributed by atoms with van der Waals surface area (Å²) >= 11 is 0. The molecule has 0 unspecified atom stereocenters. The Balaban J connectivity index is 1.43. The van der Waals surface area contributed by atoms with Gasteiger partial charge in [0.15, 0.2) is 5.82 Å². The summed E-state index contributed by atoms with van der Waals surface area (Å²) in [5, 5.41) is 3.52. The fraction of sp³-hybridized carbons (Fsp3) is 0.435. The van der Waals surface area contributed by atoms with Crippen molar-refractivity contribution in [3.63, 3.8) is 0 Å². The van der Waals surface area contributed by atoms with Gasteiger partial charge >= 0.3 is 0 Å². The number of likely N-dealkylation sites (tertiary alicyclic amines) is 1. The van der Waals surface area contributed by atoms with E-state index in [4.69, 9.17) is 9.72 Å². The number of quaternary nitrogens is 1. The number of hydrogen-bond acceptors (Lipinski definition) is 3. The summed E-state index contributed by atoms with van der Waals surface area (Å²) < 4.78 is 7.76. The normalized spacial score (nSPS) is 15.1. The third kappa shape index (κ3) is 4.30. The topological polar surface area (TPSA) is 43.5 Å². The van der Waals surface area contributed by atoms with E-state index in [0.717, 1.165) is 30.0 Å². The van der Waals surface area contributed by atoms with Crippen LogP contribution in [0.1, 0.15) is 37.6 Å². The van der Waals surface area contributed by atoms with Crippen molar-refractivity contribution in [3.8, 4) is 5.75 Å². The van der Waals surface area contributed by atoms with Crippen LogP contribution >= 0.6 is 0 Å². The maximum atomic E-state index is 5.51. The molecule has 1 saturated heterocycles. The molecule has 0 spiro atoms. The van der Waals surface area contributed by atoms with Crippen LogP contribution in [-0.4, -0.2) is 29.2 Å². The van der Waals surface area contributed by atoms with E-state index in [1.807, 2.05) is 19.1 Å². The number of benzene rings is 2. The van der Waals surface area contributed by atoms with Gasteiger partial charge in [0.1, 0.15) is 12.3 Å². The highest BCUT2D eigenvalue weighted by atomic mass is 16.5. The SMILES string of the molecule is CCOc1ccc(CNc2ccc3c(c2)nc(C[NH+]2CCCCC2)n3C)cc1. The van der Waals surface area contributed by atoms with Crippen molar-refractivity contribution >= 4 is 16.7 Å². The van der Waals surface area contributed by atoms with Crippen molar-refractivity contribution in [2.45, 2.75) is 39.3 Å². The molecule has 2 N–H and O–H groups in total. The van der Waals surface area contributed by atoms with Gasteiger partial charge in [-0.1, -0.05) is 12.1 Å². The van der Waals surface area contributed by atoms with E-state index in [-0.39, 0.29) is 0 Å². The zero-order valence-corrected chi connectivity index (χ0v) is 17.0. The summed E-state index contributed by atoms with van der Waals surface area (Å²) in [5.41, 5.74) is 4.62. The van der Waals surface area contributed by atoms with Crippen LogP contribution in [0.25, 0.3) is 11.0 Å². The average Bonchev–Trinajstić information content (AvgIpc) is 3.03. The molecule has 0 amide bonds. The molecule has 0 bridgehead atoms. The molecule has 2 heterocycles. The Morgan fingerprint density at radius 2 is 1.86 bits per heavy atom. The van der Waals surface area contributed by atoms with Crippen LogP contribution in [0, 0.1) is 0 Å². The summed E-state index contributed by atoms with van der Waals surface area (Å²) in [5.74, 6) is 2.11. The molecule has 0 atom stereocenters. The first-order valence-electron chi connectivity index (χ1n) is 10.5. The number of aryl methyl sites for hydroxylation is 1. The average molecular weight is 380 g/mol. The van der Waals surface area contributed by atoms with Crippen molar-refractivity contribution in [3.05, 3.63) is 53.9 Å².